The van der Waals surface area contributed by atoms with E-state index in [1.54, 1.807) is 0 Å². The summed E-state index contributed by atoms with van der Waals surface area (Å²) in [4.78, 5) is 25.0. The molecule has 0 radical (unpaired) electrons. The second-order valence-corrected chi connectivity index (χ2v) is 2.75. The number of ether oxygens (including phenoxy) is 1. The van der Waals surface area contributed by atoms with Crippen LogP contribution < -0.4 is 5.73 Å². The number of nitrogens with zero attached hydrogens (tertiary/aromatic N) is 1. The van der Waals surface area contributed by atoms with Crippen LogP contribution in [0.2, 0.25) is 0 Å². The van der Waals surface area contributed by atoms with Gasteiger partial charge in [-0.05, 0) is 0 Å². The van der Waals surface area contributed by atoms with Gasteiger partial charge in [-0.25, -0.2) is 9.78 Å². The van der Waals surface area contributed by atoms with Crippen LogP contribution in [0.25, 0.3) is 0 Å². The second kappa shape index (κ2) is 3.31. The number of hydrogen-bond donors (Lipinski definition) is 1. The molecule has 1 rings (SSSR count). The summed E-state index contributed by atoms with van der Waals surface area (Å²) in [5.74, 6) is -1.21. The minimum atomic E-state index is -0.651. The van der Waals surface area contributed by atoms with Crippen molar-refractivity contribution < 1.29 is 14.3 Å². The maximum absolute atomic E-state index is 10.8. The first-order valence-electron chi connectivity index (χ1n) is 2.99. The van der Waals surface area contributed by atoms with Gasteiger partial charge in [-0.15, -0.1) is 11.3 Å². The first kappa shape index (κ1) is 8.66. The molecule has 0 unspecified atom stereocenters. The van der Waals surface area contributed by atoms with E-state index in [9.17, 15) is 9.59 Å². The van der Waals surface area contributed by atoms with Crippen LogP contribution in [0.15, 0.2) is 5.38 Å². The maximum Gasteiger partial charge on any atom is 0.367 e. The largest absolute Gasteiger partial charge is 0.464 e. The van der Waals surface area contributed by atoms with E-state index >= 15 is 0 Å². The summed E-state index contributed by atoms with van der Waals surface area (Å²) in [7, 11) is 1.24. The van der Waals surface area contributed by atoms with Gasteiger partial charge in [0.25, 0.3) is 5.91 Å². The second-order valence-electron chi connectivity index (χ2n) is 1.89. The summed E-state index contributed by atoms with van der Waals surface area (Å²) in [6.07, 6.45) is 0. The summed E-state index contributed by atoms with van der Waals surface area (Å²) in [5.41, 5.74) is 5.01. The molecule has 12 heavy (non-hydrogen) atoms. The normalized spacial score (nSPS) is 9.42. The number of carbonyl (C=O) groups excluding carboxylic acids is 2. The van der Waals surface area contributed by atoms with Crippen LogP contribution in [0.4, 0.5) is 0 Å². The van der Waals surface area contributed by atoms with Gasteiger partial charge >= 0.3 is 5.97 Å². The van der Waals surface area contributed by atoms with Gasteiger partial charge in [-0.3, -0.25) is 4.79 Å². The van der Waals surface area contributed by atoms with Gasteiger partial charge in [0, 0.05) is 5.38 Å². The molecule has 0 saturated heterocycles. The smallest absolute Gasteiger partial charge is 0.367 e. The Balaban J connectivity index is 2.91. The number of esters is 1. The average molecular weight is 186 g/mol. The lowest BCUT2D eigenvalue weighted by Gasteiger charge is -1.90. The van der Waals surface area contributed by atoms with E-state index in [1.165, 1.54) is 12.5 Å². The highest BCUT2D eigenvalue weighted by molar-refractivity contribution is 7.11. The molecule has 0 spiro atoms. The van der Waals surface area contributed by atoms with Crippen molar-refractivity contribution in [1.29, 1.82) is 0 Å². The Kier molecular flexibility index (Phi) is 2.39. The molecule has 1 aromatic rings. The lowest BCUT2D eigenvalue weighted by atomic mass is 10.5. The van der Waals surface area contributed by atoms with Crippen molar-refractivity contribution >= 4 is 23.2 Å². The van der Waals surface area contributed by atoms with Crippen LogP contribution in [0, 0.1) is 0 Å². The summed E-state index contributed by atoms with van der Waals surface area (Å²) in [6, 6.07) is 0. The average Bonchev–Trinajstić information content (AvgIpc) is 2.51. The van der Waals surface area contributed by atoms with Gasteiger partial charge in [-0.2, -0.15) is 0 Å². The van der Waals surface area contributed by atoms with E-state index in [4.69, 9.17) is 5.73 Å². The Morgan fingerprint density at radius 3 is 2.75 bits per heavy atom. The van der Waals surface area contributed by atoms with Crippen LogP contribution in [-0.2, 0) is 4.74 Å². The minimum Gasteiger partial charge on any atom is -0.464 e. The van der Waals surface area contributed by atoms with E-state index < -0.39 is 11.9 Å². The van der Waals surface area contributed by atoms with E-state index in [-0.39, 0.29) is 10.7 Å². The van der Waals surface area contributed by atoms with Crippen molar-refractivity contribution in [3.63, 3.8) is 0 Å². The molecular formula is C6H6N2O3S. The van der Waals surface area contributed by atoms with Crippen LogP contribution in [0.5, 0.6) is 0 Å². The van der Waals surface area contributed by atoms with Crippen LogP contribution >= 0.6 is 11.3 Å². The lowest BCUT2D eigenvalue weighted by Crippen LogP contribution is -2.12. The van der Waals surface area contributed by atoms with Gasteiger partial charge in [-0.1, -0.05) is 0 Å². The minimum absolute atomic E-state index is 0.0837. The van der Waals surface area contributed by atoms with Crippen molar-refractivity contribution in [3.05, 3.63) is 16.1 Å². The molecule has 0 bridgehead atoms. The molecule has 0 aromatic carbocycles. The number of primary amides is 1. The Labute approximate surface area is 72.2 Å². The first-order valence-corrected chi connectivity index (χ1v) is 3.86. The zero-order valence-corrected chi connectivity index (χ0v) is 7.05. The number of nitrogens with two attached hydrogens (primary N) is 1. The molecule has 1 aromatic heterocycles. The Hall–Kier alpha value is -1.43. The summed E-state index contributed by atoms with van der Waals surface area (Å²) < 4.78 is 4.39. The molecule has 0 aliphatic rings. The third kappa shape index (κ3) is 1.59. The fourth-order valence-corrected chi connectivity index (χ4v) is 1.29. The fourth-order valence-electron chi connectivity index (χ4n) is 0.568. The highest BCUT2D eigenvalue weighted by atomic mass is 32.1. The molecule has 0 saturated carbocycles. The van der Waals surface area contributed by atoms with Crippen molar-refractivity contribution in [2.45, 2.75) is 0 Å². The van der Waals surface area contributed by atoms with Crippen LogP contribution in [-0.4, -0.2) is 24.0 Å². The zero-order chi connectivity index (χ0) is 9.14. The predicted molar refractivity (Wildman–Crippen MR) is 42.0 cm³/mol. The highest BCUT2D eigenvalue weighted by Crippen LogP contribution is 2.09. The third-order valence-electron chi connectivity index (χ3n) is 1.12. The van der Waals surface area contributed by atoms with E-state index in [2.05, 4.69) is 9.72 Å². The van der Waals surface area contributed by atoms with Gasteiger partial charge in [0.05, 0.1) is 7.11 Å². The Bertz CT molecular complexity index is 320. The van der Waals surface area contributed by atoms with Crippen LogP contribution in [0.1, 0.15) is 20.3 Å². The van der Waals surface area contributed by atoms with Crippen molar-refractivity contribution in [3.8, 4) is 0 Å². The molecule has 64 valence electrons. The predicted octanol–water partition coefficient (Wildman–Crippen LogP) is 0.0286. The number of hydrogen-bond acceptors (Lipinski definition) is 5. The summed E-state index contributed by atoms with van der Waals surface area (Å²) in [6.45, 7) is 0. The molecule has 1 heterocycles. The number of thiazole rings is 1. The number of amides is 1. The SMILES string of the molecule is COC(=O)c1nc(C(N)=O)cs1. The standard InChI is InChI=1S/C6H6N2O3S/c1-11-6(10)5-8-3(2-12-5)4(7)9/h2H,1H3,(H2,7,9). The van der Waals surface area contributed by atoms with Gasteiger partial charge in [0.2, 0.25) is 5.01 Å². The summed E-state index contributed by atoms with van der Waals surface area (Å²) >= 11 is 1.02. The fraction of sp³-hybridized carbons (Fsp3) is 0.167. The van der Waals surface area contributed by atoms with Gasteiger partial charge in [0.1, 0.15) is 5.69 Å². The Morgan fingerprint density at radius 2 is 2.33 bits per heavy atom. The molecule has 1 amide bonds. The third-order valence-corrected chi connectivity index (χ3v) is 1.94. The maximum atomic E-state index is 10.8. The molecule has 0 fully saturated rings. The van der Waals surface area contributed by atoms with Crippen LogP contribution in [0.3, 0.4) is 0 Å². The summed E-state index contributed by atoms with van der Waals surface area (Å²) in [5, 5.41) is 1.54. The molecule has 0 aliphatic carbocycles. The molecular weight excluding hydrogens is 180 g/mol. The number of aromatic nitrogens is 1. The number of rotatable bonds is 2. The van der Waals surface area contributed by atoms with E-state index in [0.29, 0.717) is 0 Å². The molecule has 6 heteroatoms. The van der Waals surface area contributed by atoms with Crippen molar-refractivity contribution in [2.75, 3.05) is 7.11 Å². The monoisotopic (exact) mass is 186 g/mol. The van der Waals surface area contributed by atoms with E-state index in [1.807, 2.05) is 0 Å². The lowest BCUT2D eigenvalue weighted by molar-refractivity contribution is 0.0600. The molecule has 0 aliphatic heterocycles. The van der Waals surface area contributed by atoms with Gasteiger partial charge in [0.15, 0.2) is 0 Å². The number of carbonyl (C=O) groups is 2. The zero-order valence-electron chi connectivity index (χ0n) is 6.23. The quantitative estimate of drug-likeness (QED) is 0.660. The number of methoxy groups -OCH3 is 1. The van der Waals surface area contributed by atoms with Crippen molar-refractivity contribution in [1.82, 2.24) is 4.98 Å². The van der Waals surface area contributed by atoms with E-state index in [0.717, 1.165) is 11.3 Å². The molecule has 2 N–H and O–H groups in total. The Morgan fingerprint density at radius 1 is 1.67 bits per heavy atom. The van der Waals surface area contributed by atoms with Crippen molar-refractivity contribution in [2.24, 2.45) is 5.73 Å². The first-order chi connectivity index (χ1) is 5.65. The molecule has 0 atom stereocenters. The molecule has 5 nitrogen and oxygen atoms in total. The highest BCUT2D eigenvalue weighted by Gasteiger charge is 2.13. The van der Waals surface area contributed by atoms with Gasteiger partial charge < -0.3 is 10.5 Å². The topological polar surface area (TPSA) is 82.3 Å².